The first kappa shape index (κ1) is 9.42. The highest BCUT2D eigenvalue weighted by molar-refractivity contribution is 8.30. The van der Waals surface area contributed by atoms with Gasteiger partial charge in [-0.15, -0.1) is 0 Å². The van der Waals surface area contributed by atoms with E-state index in [1.54, 1.807) is 0 Å². The minimum atomic E-state index is -2.69. The van der Waals surface area contributed by atoms with Crippen LogP contribution in [-0.4, -0.2) is 20.4 Å². The molecule has 6 heteroatoms. The monoisotopic (exact) mass is 228 g/mol. The molecule has 2 aromatic rings. The standard InChI is InChI=1S/C8H8N2O2S2/c1-14(11,13)12-8-9-6-4-2-3-5-7(6)10-8/h2-5H,1H3,(H,9,10). The van der Waals surface area contributed by atoms with Gasteiger partial charge in [-0.3, -0.25) is 0 Å². The van der Waals surface area contributed by atoms with Crippen molar-refractivity contribution in [3.05, 3.63) is 24.3 Å². The van der Waals surface area contributed by atoms with Crippen molar-refractivity contribution in [3.63, 3.8) is 0 Å². The Balaban J connectivity index is 2.46. The van der Waals surface area contributed by atoms with Crippen LogP contribution in [0.5, 0.6) is 6.01 Å². The molecule has 1 unspecified atom stereocenters. The van der Waals surface area contributed by atoms with Crippen LogP contribution in [0.1, 0.15) is 0 Å². The molecule has 0 spiro atoms. The molecule has 0 fully saturated rings. The Labute approximate surface area is 86.2 Å². The molecule has 1 atom stereocenters. The minimum absolute atomic E-state index is 0.203. The average Bonchev–Trinajstić information content (AvgIpc) is 2.42. The van der Waals surface area contributed by atoms with Gasteiger partial charge in [-0.1, -0.05) is 12.1 Å². The third-order valence-corrected chi connectivity index (χ3v) is 2.26. The number of benzene rings is 1. The van der Waals surface area contributed by atoms with Gasteiger partial charge in [-0.2, -0.15) is 4.98 Å². The molecular weight excluding hydrogens is 220 g/mol. The summed E-state index contributed by atoms with van der Waals surface area (Å²) in [5.74, 6) is 0. The maximum absolute atomic E-state index is 11.2. The van der Waals surface area contributed by atoms with Crippen LogP contribution in [0, 0.1) is 0 Å². The third kappa shape index (κ3) is 2.02. The van der Waals surface area contributed by atoms with Crippen molar-refractivity contribution in [1.29, 1.82) is 0 Å². The molecule has 1 aromatic heterocycles. The number of aromatic nitrogens is 2. The van der Waals surface area contributed by atoms with E-state index in [2.05, 4.69) is 21.2 Å². The summed E-state index contributed by atoms with van der Waals surface area (Å²) in [6, 6.07) is 7.63. The summed E-state index contributed by atoms with van der Waals surface area (Å²) in [7, 11) is -2.69. The predicted molar refractivity (Wildman–Crippen MR) is 58.2 cm³/mol. The van der Waals surface area contributed by atoms with Gasteiger partial charge in [0.05, 0.1) is 11.0 Å². The van der Waals surface area contributed by atoms with Gasteiger partial charge in [-0.25, -0.2) is 4.21 Å². The largest absolute Gasteiger partial charge is 0.364 e. The van der Waals surface area contributed by atoms with Crippen LogP contribution in [0.2, 0.25) is 0 Å². The van der Waals surface area contributed by atoms with Gasteiger partial charge in [0.1, 0.15) is 0 Å². The number of H-pyrrole nitrogens is 1. The fourth-order valence-electron chi connectivity index (χ4n) is 1.11. The molecule has 0 amide bonds. The molecule has 0 aliphatic carbocycles. The summed E-state index contributed by atoms with van der Waals surface area (Å²) in [6.07, 6.45) is 1.34. The quantitative estimate of drug-likeness (QED) is 0.840. The number of fused-ring (bicyclic) bond motifs is 1. The summed E-state index contributed by atoms with van der Waals surface area (Å²) in [4.78, 5) is 6.95. The number of aromatic amines is 1. The number of hydrogen-bond donors (Lipinski definition) is 1. The van der Waals surface area contributed by atoms with Crippen molar-refractivity contribution in [2.24, 2.45) is 0 Å². The first-order valence-electron chi connectivity index (χ1n) is 3.89. The molecule has 4 nitrogen and oxygen atoms in total. The Morgan fingerprint density at radius 2 is 2.21 bits per heavy atom. The molecule has 0 saturated carbocycles. The van der Waals surface area contributed by atoms with Crippen LogP contribution >= 0.6 is 0 Å². The van der Waals surface area contributed by atoms with Crippen LogP contribution < -0.4 is 4.18 Å². The van der Waals surface area contributed by atoms with Gasteiger partial charge in [0.2, 0.25) is 0 Å². The van der Waals surface area contributed by atoms with Crippen LogP contribution in [0.4, 0.5) is 0 Å². The van der Waals surface area contributed by atoms with E-state index in [9.17, 15) is 4.21 Å². The Kier molecular flexibility index (Phi) is 2.16. The number of hydrogen-bond acceptors (Lipinski definition) is 4. The molecule has 14 heavy (non-hydrogen) atoms. The van der Waals surface area contributed by atoms with E-state index in [0.717, 1.165) is 11.0 Å². The molecule has 0 aliphatic heterocycles. The van der Waals surface area contributed by atoms with E-state index in [-0.39, 0.29) is 6.01 Å². The van der Waals surface area contributed by atoms with Crippen molar-refractivity contribution in [2.45, 2.75) is 0 Å². The van der Waals surface area contributed by atoms with Gasteiger partial charge < -0.3 is 9.17 Å². The van der Waals surface area contributed by atoms with Gasteiger partial charge in [0.15, 0.2) is 8.77 Å². The lowest BCUT2D eigenvalue weighted by molar-refractivity contribution is 0.537. The number of para-hydroxylation sites is 2. The zero-order valence-electron chi connectivity index (χ0n) is 7.39. The lowest BCUT2D eigenvalue weighted by Crippen LogP contribution is -2.04. The average molecular weight is 228 g/mol. The Morgan fingerprint density at radius 3 is 2.86 bits per heavy atom. The molecule has 0 radical (unpaired) electrons. The summed E-state index contributed by atoms with van der Waals surface area (Å²) in [6.45, 7) is 0. The second kappa shape index (κ2) is 3.21. The van der Waals surface area contributed by atoms with Crippen molar-refractivity contribution in [3.8, 4) is 6.01 Å². The Hall–Kier alpha value is -1.14. The normalized spacial score (nSPS) is 15.2. The number of nitrogens with one attached hydrogen (secondary N) is 1. The van der Waals surface area contributed by atoms with E-state index in [1.165, 1.54) is 6.26 Å². The fourth-order valence-corrected chi connectivity index (χ4v) is 1.67. The van der Waals surface area contributed by atoms with Gasteiger partial charge in [0.25, 0.3) is 0 Å². The van der Waals surface area contributed by atoms with Crippen molar-refractivity contribution >= 4 is 31.0 Å². The van der Waals surface area contributed by atoms with Gasteiger partial charge >= 0.3 is 6.01 Å². The lowest BCUT2D eigenvalue weighted by atomic mass is 10.3. The topological polar surface area (TPSA) is 55.0 Å². The molecule has 1 heterocycles. The Bertz CT molecular complexity index is 526. The molecule has 2 rings (SSSR count). The highest BCUT2D eigenvalue weighted by atomic mass is 32.8. The summed E-state index contributed by atoms with van der Waals surface area (Å²) >= 11 is 4.62. The number of nitrogens with zero attached hydrogens (tertiary/aromatic N) is 1. The van der Waals surface area contributed by atoms with E-state index in [0.29, 0.717) is 0 Å². The van der Waals surface area contributed by atoms with Crippen LogP contribution in [-0.2, 0) is 20.0 Å². The minimum Gasteiger partial charge on any atom is -0.364 e. The van der Waals surface area contributed by atoms with Gasteiger partial charge in [0, 0.05) is 17.4 Å². The van der Waals surface area contributed by atoms with Crippen molar-refractivity contribution in [2.75, 3.05) is 6.26 Å². The van der Waals surface area contributed by atoms with Crippen molar-refractivity contribution in [1.82, 2.24) is 9.97 Å². The second-order valence-electron chi connectivity index (χ2n) is 2.85. The predicted octanol–water partition coefficient (Wildman–Crippen LogP) is 1.23. The number of imidazole rings is 1. The molecule has 74 valence electrons. The van der Waals surface area contributed by atoms with E-state index in [1.807, 2.05) is 24.3 Å². The molecule has 1 N–H and O–H groups in total. The van der Waals surface area contributed by atoms with Crippen LogP contribution in [0.3, 0.4) is 0 Å². The first-order valence-corrected chi connectivity index (χ1v) is 6.70. The molecule has 0 bridgehead atoms. The zero-order chi connectivity index (χ0) is 10.2. The smallest absolute Gasteiger partial charge is 0.309 e. The third-order valence-electron chi connectivity index (χ3n) is 1.60. The zero-order valence-corrected chi connectivity index (χ0v) is 9.02. The van der Waals surface area contributed by atoms with Crippen LogP contribution in [0.25, 0.3) is 11.0 Å². The van der Waals surface area contributed by atoms with Gasteiger partial charge in [-0.05, 0) is 12.1 Å². The molecule has 0 saturated heterocycles. The van der Waals surface area contributed by atoms with Crippen LogP contribution in [0.15, 0.2) is 24.3 Å². The SMILES string of the molecule is CS(=O)(=S)Oc1nc2ccccc2[nH]1. The fraction of sp³-hybridized carbons (Fsp3) is 0.125. The molecular formula is C8H8N2O2S2. The maximum Gasteiger partial charge on any atom is 0.309 e. The molecule has 1 aromatic carbocycles. The highest BCUT2D eigenvalue weighted by Crippen LogP contribution is 2.15. The summed E-state index contributed by atoms with van der Waals surface area (Å²) in [5, 5.41) is 0. The Morgan fingerprint density at radius 1 is 1.50 bits per heavy atom. The molecule has 0 aliphatic rings. The second-order valence-corrected chi connectivity index (χ2v) is 6.24. The lowest BCUT2D eigenvalue weighted by Gasteiger charge is -1.98. The summed E-state index contributed by atoms with van der Waals surface area (Å²) in [5.41, 5.74) is 1.60. The first-order chi connectivity index (χ1) is 6.54. The highest BCUT2D eigenvalue weighted by Gasteiger charge is 2.06. The van der Waals surface area contributed by atoms with E-state index >= 15 is 0 Å². The number of rotatable bonds is 2. The maximum atomic E-state index is 11.2. The van der Waals surface area contributed by atoms with E-state index < -0.39 is 8.77 Å². The van der Waals surface area contributed by atoms with E-state index in [4.69, 9.17) is 4.18 Å². The van der Waals surface area contributed by atoms with Crippen molar-refractivity contribution < 1.29 is 8.39 Å². The summed E-state index contributed by atoms with van der Waals surface area (Å²) < 4.78 is 16.1.